The van der Waals surface area contributed by atoms with E-state index in [1.165, 1.54) is 5.56 Å². The van der Waals surface area contributed by atoms with Gasteiger partial charge in [-0.2, -0.15) is 0 Å². The van der Waals surface area contributed by atoms with Crippen LogP contribution in [0.3, 0.4) is 0 Å². The minimum absolute atomic E-state index is 0.299. The molecule has 6 nitrogen and oxygen atoms in total. The van der Waals surface area contributed by atoms with Gasteiger partial charge in [-0.25, -0.2) is 0 Å². The normalized spacial score (nSPS) is 10.6. The van der Waals surface area contributed by atoms with Gasteiger partial charge in [0.2, 0.25) is 0 Å². The molecular weight excluding hydrogens is 316 g/mol. The monoisotopic (exact) mass is 336 g/mol. The van der Waals surface area contributed by atoms with E-state index >= 15 is 0 Å². The second-order valence-corrected chi connectivity index (χ2v) is 6.11. The number of nitrogens with one attached hydrogen (secondary N) is 2. The van der Waals surface area contributed by atoms with Crippen molar-refractivity contribution in [2.45, 2.75) is 27.7 Å². The lowest BCUT2D eigenvalue weighted by Crippen LogP contribution is -2.14. The predicted octanol–water partition coefficient (Wildman–Crippen LogP) is 4.30. The summed E-state index contributed by atoms with van der Waals surface area (Å²) in [7, 11) is 0. The van der Waals surface area contributed by atoms with Crippen molar-refractivity contribution in [3.05, 3.63) is 64.7 Å². The molecule has 3 aromatic rings. The second-order valence-electron chi connectivity index (χ2n) is 6.11. The molecule has 0 spiro atoms. The standard InChI is InChI=1S/C19H20N4O2/c1-11-7-12(2)18(13(3)8-11)21-15-5-6-20-16(10-15)19(24)22-17-9-14(4)25-23-17/h5-10H,1-4H3,(H,20,21)(H,22,23,24). The first-order valence-electron chi connectivity index (χ1n) is 7.98. The molecule has 1 amide bonds. The lowest BCUT2D eigenvalue weighted by atomic mass is 10.0. The SMILES string of the molecule is Cc1cc(C)c(Nc2ccnc(C(=O)Nc3cc(C)on3)c2)c(C)c1. The molecule has 0 radical (unpaired) electrons. The van der Waals surface area contributed by atoms with Crippen molar-refractivity contribution in [2.24, 2.45) is 0 Å². The van der Waals surface area contributed by atoms with Crippen molar-refractivity contribution in [3.8, 4) is 0 Å². The molecule has 0 bridgehead atoms. The summed E-state index contributed by atoms with van der Waals surface area (Å²) in [6.07, 6.45) is 1.60. The zero-order valence-electron chi connectivity index (χ0n) is 14.7. The number of carbonyl (C=O) groups is 1. The molecule has 3 rings (SSSR count). The largest absolute Gasteiger partial charge is 0.360 e. The Morgan fingerprint density at radius 1 is 1.04 bits per heavy atom. The van der Waals surface area contributed by atoms with Gasteiger partial charge in [0.15, 0.2) is 5.82 Å². The molecule has 0 aliphatic rings. The van der Waals surface area contributed by atoms with Gasteiger partial charge >= 0.3 is 0 Å². The Labute approximate surface area is 146 Å². The Bertz CT molecular complexity index is 908. The fourth-order valence-corrected chi connectivity index (χ4v) is 2.76. The molecule has 0 saturated heterocycles. The maximum Gasteiger partial charge on any atom is 0.275 e. The number of carbonyl (C=O) groups excluding carboxylic acids is 1. The third kappa shape index (κ3) is 3.85. The summed E-state index contributed by atoms with van der Waals surface area (Å²) >= 11 is 0. The Morgan fingerprint density at radius 2 is 1.76 bits per heavy atom. The maximum absolute atomic E-state index is 12.3. The molecule has 25 heavy (non-hydrogen) atoms. The fraction of sp³-hybridized carbons (Fsp3) is 0.211. The van der Waals surface area contributed by atoms with Crippen LogP contribution in [0.1, 0.15) is 32.9 Å². The topological polar surface area (TPSA) is 80.0 Å². The third-order valence-corrected chi connectivity index (χ3v) is 3.81. The molecule has 128 valence electrons. The van der Waals surface area contributed by atoms with Crippen molar-refractivity contribution in [1.82, 2.24) is 10.1 Å². The van der Waals surface area contributed by atoms with Gasteiger partial charge in [-0.15, -0.1) is 0 Å². The number of rotatable bonds is 4. The quantitative estimate of drug-likeness (QED) is 0.742. The van der Waals surface area contributed by atoms with Crippen LogP contribution in [0, 0.1) is 27.7 Å². The Kier molecular flexibility index (Phi) is 4.52. The van der Waals surface area contributed by atoms with Crippen LogP contribution in [0.15, 0.2) is 41.1 Å². The molecule has 2 heterocycles. The number of benzene rings is 1. The van der Waals surface area contributed by atoms with E-state index in [1.54, 1.807) is 25.3 Å². The summed E-state index contributed by atoms with van der Waals surface area (Å²) in [5, 5.41) is 9.80. The van der Waals surface area contributed by atoms with Crippen molar-refractivity contribution in [2.75, 3.05) is 10.6 Å². The number of aromatic nitrogens is 2. The van der Waals surface area contributed by atoms with Gasteiger partial charge in [-0.3, -0.25) is 9.78 Å². The average molecular weight is 336 g/mol. The van der Waals surface area contributed by atoms with E-state index in [0.29, 0.717) is 17.3 Å². The van der Waals surface area contributed by atoms with Gasteiger partial charge in [-0.05, 0) is 51.0 Å². The van der Waals surface area contributed by atoms with Crippen LogP contribution in [0.25, 0.3) is 0 Å². The minimum atomic E-state index is -0.339. The first-order chi connectivity index (χ1) is 11.9. The van der Waals surface area contributed by atoms with Gasteiger partial charge in [0.05, 0.1) is 0 Å². The number of amides is 1. The Morgan fingerprint density at radius 3 is 2.40 bits per heavy atom. The zero-order chi connectivity index (χ0) is 18.0. The smallest absolute Gasteiger partial charge is 0.275 e. The molecule has 2 aromatic heterocycles. The zero-order valence-corrected chi connectivity index (χ0v) is 14.7. The number of anilines is 3. The summed E-state index contributed by atoms with van der Waals surface area (Å²) in [5.74, 6) is 0.659. The Balaban J connectivity index is 1.81. The third-order valence-electron chi connectivity index (χ3n) is 3.81. The molecule has 0 fully saturated rings. The molecule has 2 N–H and O–H groups in total. The van der Waals surface area contributed by atoms with Gasteiger partial charge in [0.25, 0.3) is 5.91 Å². The highest BCUT2D eigenvalue weighted by Gasteiger charge is 2.12. The highest BCUT2D eigenvalue weighted by atomic mass is 16.5. The Hall–Kier alpha value is -3.15. The van der Waals surface area contributed by atoms with Gasteiger partial charge in [-0.1, -0.05) is 22.9 Å². The van der Waals surface area contributed by atoms with Gasteiger partial charge < -0.3 is 15.2 Å². The van der Waals surface area contributed by atoms with Crippen molar-refractivity contribution >= 4 is 23.1 Å². The molecule has 0 unspecified atom stereocenters. The van der Waals surface area contributed by atoms with Crippen LogP contribution in [-0.4, -0.2) is 16.0 Å². The average Bonchev–Trinajstić information content (AvgIpc) is 2.96. The van der Waals surface area contributed by atoms with E-state index in [1.807, 2.05) is 6.07 Å². The minimum Gasteiger partial charge on any atom is -0.360 e. The number of pyridine rings is 1. The van der Waals surface area contributed by atoms with Crippen molar-refractivity contribution in [3.63, 3.8) is 0 Å². The molecule has 0 aliphatic carbocycles. The van der Waals surface area contributed by atoms with E-state index in [0.717, 1.165) is 22.5 Å². The van der Waals surface area contributed by atoms with Gasteiger partial charge in [0, 0.05) is 23.6 Å². The van der Waals surface area contributed by atoms with Crippen LogP contribution in [0.4, 0.5) is 17.2 Å². The number of hydrogen-bond donors (Lipinski definition) is 2. The summed E-state index contributed by atoms with van der Waals surface area (Å²) in [6, 6.07) is 9.43. The fourth-order valence-electron chi connectivity index (χ4n) is 2.76. The molecule has 0 saturated carbocycles. The van der Waals surface area contributed by atoms with E-state index in [-0.39, 0.29) is 5.91 Å². The van der Waals surface area contributed by atoms with E-state index < -0.39 is 0 Å². The van der Waals surface area contributed by atoms with Crippen LogP contribution >= 0.6 is 0 Å². The maximum atomic E-state index is 12.3. The molecule has 0 aliphatic heterocycles. The summed E-state index contributed by atoms with van der Waals surface area (Å²) in [6.45, 7) is 7.95. The highest BCUT2D eigenvalue weighted by Crippen LogP contribution is 2.26. The lowest BCUT2D eigenvalue weighted by molar-refractivity contribution is 0.102. The van der Waals surface area contributed by atoms with E-state index in [4.69, 9.17) is 4.52 Å². The molecular formula is C19H20N4O2. The summed E-state index contributed by atoms with van der Waals surface area (Å²) in [5.41, 5.74) is 5.66. The first-order valence-corrected chi connectivity index (χ1v) is 7.98. The van der Waals surface area contributed by atoms with Crippen molar-refractivity contribution in [1.29, 1.82) is 0 Å². The van der Waals surface area contributed by atoms with Gasteiger partial charge in [0.1, 0.15) is 11.5 Å². The van der Waals surface area contributed by atoms with Crippen LogP contribution in [-0.2, 0) is 0 Å². The summed E-state index contributed by atoms with van der Waals surface area (Å²) < 4.78 is 4.94. The molecule has 6 heteroatoms. The second kappa shape index (κ2) is 6.76. The predicted molar refractivity (Wildman–Crippen MR) is 97.4 cm³/mol. The first kappa shape index (κ1) is 16.7. The number of nitrogens with zero attached hydrogens (tertiary/aromatic N) is 2. The van der Waals surface area contributed by atoms with Crippen LogP contribution in [0.5, 0.6) is 0 Å². The number of hydrogen-bond acceptors (Lipinski definition) is 5. The molecule has 0 atom stereocenters. The molecule has 1 aromatic carbocycles. The van der Waals surface area contributed by atoms with E-state index in [2.05, 4.69) is 53.7 Å². The number of aryl methyl sites for hydroxylation is 4. The van der Waals surface area contributed by atoms with E-state index in [9.17, 15) is 4.79 Å². The van der Waals surface area contributed by atoms with Crippen molar-refractivity contribution < 1.29 is 9.32 Å². The summed E-state index contributed by atoms with van der Waals surface area (Å²) in [4.78, 5) is 16.5. The van der Waals surface area contributed by atoms with Crippen LogP contribution in [0.2, 0.25) is 0 Å². The highest BCUT2D eigenvalue weighted by molar-refractivity contribution is 6.02. The lowest BCUT2D eigenvalue weighted by Gasteiger charge is -2.14. The van der Waals surface area contributed by atoms with Crippen LogP contribution < -0.4 is 10.6 Å².